The molecule has 308 valence electrons. The van der Waals surface area contributed by atoms with Crippen molar-refractivity contribution in [2.24, 2.45) is 0 Å². The SMILES string of the molecule is CC1c2cc3c(cc2N(c2cc4c(c5ccccc25)-c2cc5c(cc2C4(C)C)-c2ccccc2C5(C)C)c2cc4c(cc2C1C)C(C)(C)c1ccccc1-4)-c1ccccc1C3(C)C. The van der Waals surface area contributed by atoms with Gasteiger partial charge in [-0.25, -0.2) is 0 Å². The fourth-order valence-electron chi connectivity index (χ4n) is 13.5. The summed E-state index contributed by atoms with van der Waals surface area (Å²) in [4.78, 5) is 2.73. The summed E-state index contributed by atoms with van der Waals surface area (Å²) < 4.78 is 0. The first-order valence-electron chi connectivity index (χ1n) is 23.3. The number of hydrogen-bond donors (Lipinski definition) is 0. The number of benzene rings is 8. The van der Waals surface area contributed by atoms with Crippen LogP contribution in [0.2, 0.25) is 0 Å². The standard InChI is InChI=1S/C62H55N/c1-34-35(2)42-28-51-45(38-21-15-18-26-49(38)60(51,5)6)32-56(42)63(55-31-44-37-20-14-17-25-48(37)59(3,4)50(44)27-41(34)55)57-33-54-58(40-23-12-11-22-39(40)57)46-30-52-43(29-53(46)62(54,9)10)36-19-13-16-24-47(36)61(52,7)8/h11-35H,1-10H3. The second-order valence-electron chi connectivity index (χ2n) is 21.8. The average molecular weight is 814 g/mol. The molecule has 0 saturated heterocycles. The number of nitrogens with zero attached hydrogens (tertiary/aromatic N) is 1. The van der Waals surface area contributed by atoms with Crippen molar-refractivity contribution in [3.63, 3.8) is 0 Å². The van der Waals surface area contributed by atoms with E-state index >= 15 is 0 Å². The van der Waals surface area contributed by atoms with Gasteiger partial charge in [0.15, 0.2) is 0 Å². The van der Waals surface area contributed by atoms with Gasteiger partial charge in [-0.15, -0.1) is 0 Å². The minimum Gasteiger partial charge on any atom is -0.309 e. The first kappa shape index (κ1) is 37.4. The molecule has 0 fully saturated rings. The lowest BCUT2D eigenvalue weighted by Gasteiger charge is -2.33. The third-order valence-electron chi connectivity index (χ3n) is 17.3. The molecule has 5 aliphatic rings. The monoisotopic (exact) mass is 813 g/mol. The van der Waals surface area contributed by atoms with Crippen LogP contribution in [-0.2, 0) is 21.7 Å². The molecular weight excluding hydrogens is 759 g/mol. The molecule has 2 unspecified atom stereocenters. The van der Waals surface area contributed by atoms with Crippen LogP contribution in [0, 0.1) is 0 Å². The van der Waals surface area contributed by atoms with E-state index in [2.05, 4.69) is 214 Å². The molecule has 1 aliphatic heterocycles. The molecule has 1 heteroatoms. The molecule has 0 N–H and O–H groups in total. The van der Waals surface area contributed by atoms with Crippen molar-refractivity contribution in [1.82, 2.24) is 0 Å². The first-order chi connectivity index (χ1) is 30.1. The van der Waals surface area contributed by atoms with Gasteiger partial charge < -0.3 is 4.90 Å². The largest absolute Gasteiger partial charge is 0.309 e. The molecule has 0 radical (unpaired) electrons. The Morgan fingerprint density at radius 2 is 0.683 bits per heavy atom. The van der Waals surface area contributed by atoms with Crippen LogP contribution < -0.4 is 4.90 Å². The Morgan fingerprint density at radius 1 is 0.317 bits per heavy atom. The summed E-state index contributed by atoms with van der Waals surface area (Å²) in [6, 6.07) is 54.9. The molecule has 1 nitrogen and oxygen atoms in total. The second kappa shape index (κ2) is 11.9. The van der Waals surface area contributed by atoms with E-state index in [9.17, 15) is 0 Å². The minimum absolute atomic E-state index is 0.0721. The van der Waals surface area contributed by atoms with Crippen molar-refractivity contribution < 1.29 is 0 Å². The Balaban J connectivity index is 1.13. The van der Waals surface area contributed by atoms with Crippen LogP contribution in [0.15, 0.2) is 140 Å². The minimum atomic E-state index is -0.222. The Labute approximate surface area is 373 Å². The van der Waals surface area contributed by atoms with E-state index in [1.807, 2.05) is 0 Å². The molecule has 8 aromatic rings. The topological polar surface area (TPSA) is 3.24 Å². The van der Waals surface area contributed by atoms with E-state index in [1.54, 1.807) is 0 Å². The molecule has 0 aromatic heterocycles. The van der Waals surface area contributed by atoms with Crippen LogP contribution >= 0.6 is 0 Å². The van der Waals surface area contributed by atoms with Crippen LogP contribution in [0.3, 0.4) is 0 Å². The van der Waals surface area contributed by atoms with Gasteiger partial charge in [0, 0.05) is 27.0 Å². The average Bonchev–Trinajstić information content (AvgIpc) is 3.82. The van der Waals surface area contributed by atoms with Crippen molar-refractivity contribution in [2.45, 2.75) is 103 Å². The quantitative estimate of drug-likeness (QED) is 0.160. The van der Waals surface area contributed by atoms with Crippen molar-refractivity contribution in [3.05, 3.63) is 195 Å². The van der Waals surface area contributed by atoms with Crippen LogP contribution in [0.25, 0.3) is 55.3 Å². The first-order valence-corrected chi connectivity index (χ1v) is 23.3. The van der Waals surface area contributed by atoms with Gasteiger partial charge in [0.25, 0.3) is 0 Å². The van der Waals surface area contributed by atoms with Crippen molar-refractivity contribution >= 4 is 27.8 Å². The van der Waals surface area contributed by atoms with Crippen LogP contribution in [0.5, 0.6) is 0 Å². The molecule has 0 amide bonds. The number of rotatable bonds is 1. The van der Waals surface area contributed by atoms with Crippen LogP contribution in [0.4, 0.5) is 17.1 Å². The predicted molar refractivity (Wildman–Crippen MR) is 266 cm³/mol. The lowest BCUT2D eigenvalue weighted by atomic mass is 9.77. The van der Waals surface area contributed by atoms with Gasteiger partial charge in [-0.1, -0.05) is 178 Å². The summed E-state index contributed by atoms with van der Waals surface area (Å²) in [5, 5.41) is 2.63. The zero-order chi connectivity index (χ0) is 43.3. The molecule has 8 aromatic carbocycles. The fraction of sp³-hybridized carbons (Fsp3) is 0.258. The summed E-state index contributed by atoms with van der Waals surface area (Å²) in [7, 11) is 0. The van der Waals surface area contributed by atoms with Gasteiger partial charge >= 0.3 is 0 Å². The summed E-state index contributed by atoms with van der Waals surface area (Å²) in [6.45, 7) is 24.5. The summed E-state index contributed by atoms with van der Waals surface area (Å²) in [5.41, 5.74) is 28.7. The summed E-state index contributed by atoms with van der Waals surface area (Å²) in [5.74, 6) is 0.571. The molecule has 13 rings (SSSR count). The molecular formula is C62H55N. The van der Waals surface area contributed by atoms with Gasteiger partial charge in [-0.3, -0.25) is 0 Å². The zero-order valence-electron chi connectivity index (χ0n) is 38.4. The summed E-state index contributed by atoms with van der Waals surface area (Å²) in [6.07, 6.45) is 0. The fourth-order valence-corrected chi connectivity index (χ4v) is 13.5. The van der Waals surface area contributed by atoms with E-state index < -0.39 is 0 Å². The third-order valence-corrected chi connectivity index (χ3v) is 17.3. The highest BCUT2D eigenvalue weighted by molar-refractivity contribution is 6.11. The van der Waals surface area contributed by atoms with Crippen LogP contribution in [-0.4, -0.2) is 0 Å². The Hall–Kier alpha value is -6.18. The van der Waals surface area contributed by atoms with E-state index in [0.29, 0.717) is 0 Å². The van der Waals surface area contributed by atoms with Crippen molar-refractivity contribution in [3.8, 4) is 44.5 Å². The van der Waals surface area contributed by atoms with Crippen molar-refractivity contribution in [1.29, 1.82) is 0 Å². The second-order valence-corrected chi connectivity index (χ2v) is 21.8. The predicted octanol–water partition coefficient (Wildman–Crippen LogP) is 16.8. The summed E-state index contributed by atoms with van der Waals surface area (Å²) >= 11 is 0. The number of anilines is 3. The molecule has 2 atom stereocenters. The highest BCUT2D eigenvalue weighted by Gasteiger charge is 2.45. The molecule has 0 saturated carbocycles. The molecule has 0 spiro atoms. The lowest BCUT2D eigenvalue weighted by Crippen LogP contribution is -2.19. The maximum atomic E-state index is 2.73. The molecule has 0 bridgehead atoms. The van der Waals surface area contributed by atoms with Crippen molar-refractivity contribution in [2.75, 3.05) is 4.90 Å². The normalized spacial score (nSPS) is 20.1. The maximum absolute atomic E-state index is 2.73. The van der Waals surface area contributed by atoms with E-state index in [-0.39, 0.29) is 33.5 Å². The van der Waals surface area contributed by atoms with Gasteiger partial charge in [-0.05, 0) is 148 Å². The Bertz CT molecular complexity index is 3270. The smallest absolute Gasteiger partial charge is 0.0543 e. The Morgan fingerprint density at radius 3 is 1.17 bits per heavy atom. The van der Waals surface area contributed by atoms with Gasteiger partial charge in [0.2, 0.25) is 0 Å². The lowest BCUT2D eigenvalue weighted by molar-refractivity contribution is 0.617. The van der Waals surface area contributed by atoms with Gasteiger partial charge in [-0.2, -0.15) is 0 Å². The van der Waals surface area contributed by atoms with Gasteiger partial charge in [0.1, 0.15) is 0 Å². The van der Waals surface area contributed by atoms with E-state index in [1.165, 1.54) is 128 Å². The van der Waals surface area contributed by atoms with E-state index in [4.69, 9.17) is 0 Å². The Kier molecular flexibility index (Phi) is 7.05. The molecule has 63 heavy (non-hydrogen) atoms. The third kappa shape index (κ3) is 4.49. The highest BCUT2D eigenvalue weighted by Crippen LogP contribution is 2.62. The van der Waals surface area contributed by atoms with Gasteiger partial charge in [0.05, 0.1) is 17.1 Å². The number of fused-ring (bicyclic) bond motifs is 16. The van der Waals surface area contributed by atoms with Crippen LogP contribution in [0.1, 0.15) is 137 Å². The maximum Gasteiger partial charge on any atom is 0.0543 e. The highest BCUT2D eigenvalue weighted by atomic mass is 15.2. The molecule has 4 aliphatic carbocycles. The van der Waals surface area contributed by atoms with E-state index in [0.717, 1.165) is 0 Å². The zero-order valence-corrected chi connectivity index (χ0v) is 38.4. The number of hydrogen-bond acceptors (Lipinski definition) is 1. The molecule has 1 heterocycles.